The first-order chi connectivity index (χ1) is 11.8. The number of piperidine rings is 1. The standard InChI is InChI=1S/C19H27NO4/c1-15-7-2-3-9-17(15)22-12-6-10-18(21)20-11-5-4-8-16(20)19-23-13-14-24-19/h2-3,7,9,16,19H,4-6,8,10-14H2,1H3. The molecule has 2 fully saturated rings. The highest BCUT2D eigenvalue weighted by atomic mass is 16.7. The van der Waals surface area contributed by atoms with Crippen LogP contribution < -0.4 is 4.74 Å². The number of hydrogen-bond acceptors (Lipinski definition) is 4. The van der Waals surface area contributed by atoms with Crippen LogP contribution in [0, 0.1) is 6.92 Å². The third-order valence-corrected chi connectivity index (χ3v) is 4.72. The molecule has 132 valence electrons. The predicted molar refractivity (Wildman–Crippen MR) is 91.0 cm³/mol. The lowest BCUT2D eigenvalue weighted by Crippen LogP contribution is -2.50. The molecule has 2 aliphatic heterocycles. The van der Waals surface area contributed by atoms with Crippen LogP contribution in [0.25, 0.3) is 0 Å². The number of hydrogen-bond donors (Lipinski definition) is 0. The molecule has 0 aliphatic carbocycles. The maximum Gasteiger partial charge on any atom is 0.223 e. The first-order valence-corrected chi connectivity index (χ1v) is 8.97. The fraction of sp³-hybridized carbons (Fsp3) is 0.632. The highest BCUT2D eigenvalue weighted by Crippen LogP contribution is 2.25. The molecule has 24 heavy (non-hydrogen) atoms. The van der Waals surface area contributed by atoms with Gasteiger partial charge in [0.25, 0.3) is 0 Å². The van der Waals surface area contributed by atoms with E-state index in [-0.39, 0.29) is 18.2 Å². The average molecular weight is 333 g/mol. The lowest BCUT2D eigenvalue weighted by molar-refractivity contribution is -0.150. The molecule has 1 unspecified atom stereocenters. The fourth-order valence-electron chi connectivity index (χ4n) is 3.42. The van der Waals surface area contributed by atoms with Crippen LogP contribution in [0.4, 0.5) is 0 Å². The molecular weight excluding hydrogens is 306 g/mol. The van der Waals surface area contributed by atoms with Crippen molar-refractivity contribution in [2.24, 2.45) is 0 Å². The third kappa shape index (κ3) is 4.28. The van der Waals surface area contributed by atoms with Crippen molar-refractivity contribution >= 4 is 5.91 Å². The number of para-hydroxylation sites is 1. The zero-order chi connectivity index (χ0) is 16.8. The predicted octanol–water partition coefficient (Wildman–Crippen LogP) is 2.91. The summed E-state index contributed by atoms with van der Waals surface area (Å²) in [4.78, 5) is 14.6. The second kappa shape index (κ2) is 8.49. The third-order valence-electron chi connectivity index (χ3n) is 4.72. The van der Waals surface area contributed by atoms with Gasteiger partial charge in [-0.3, -0.25) is 4.79 Å². The van der Waals surface area contributed by atoms with Crippen LogP contribution in [-0.4, -0.2) is 49.5 Å². The molecule has 1 atom stereocenters. The van der Waals surface area contributed by atoms with Crippen LogP contribution in [0.5, 0.6) is 5.75 Å². The van der Waals surface area contributed by atoms with Gasteiger partial charge in [0.05, 0.1) is 25.9 Å². The zero-order valence-electron chi connectivity index (χ0n) is 14.4. The van der Waals surface area contributed by atoms with E-state index in [1.165, 1.54) is 0 Å². The molecule has 0 bridgehead atoms. The van der Waals surface area contributed by atoms with E-state index in [0.29, 0.717) is 26.2 Å². The summed E-state index contributed by atoms with van der Waals surface area (Å²) in [6.45, 7) is 4.66. The summed E-state index contributed by atoms with van der Waals surface area (Å²) in [5, 5.41) is 0. The average Bonchev–Trinajstić information content (AvgIpc) is 3.14. The van der Waals surface area contributed by atoms with Crippen LogP contribution in [0.15, 0.2) is 24.3 Å². The molecule has 2 saturated heterocycles. The Kier molecular flexibility index (Phi) is 6.10. The number of nitrogens with zero attached hydrogens (tertiary/aromatic N) is 1. The summed E-state index contributed by atoms with van der Waals surface area (Å²) < 4.78 is 17.0. The molecule has 1 amide bonds. The smallest absolute Gasteiger partial charge is 0.223 e. The van der Waals surface area contributed by atoms with Gasteiger partial charge in [-0.25, -0.2) is 0 Å². The molecule has 0 aromatic heterocycles. The lowest BCUT2D eigenvalue weighted by atomic mass is 10.0. The number of carbonyl (C=O) groups is 1. The minimum absolute atomic E-state index is 0.0750. The number of rotatable bonds is 6. The van der Waals surface area contributed by atoms with Crippen molar-refractivity contribution in [3.05, 3.63) is 29.8 Å². The van der Waals surface area contributed by atoms with E-state index in [1.54, 1.807) is 0 Å². The molecule has 1 aromatic carbocycles. The van der Waals surface area contributed by atoms with Gasteiger partial charge in [-0.05, 0) is 44.2 Å². The summed E-state index contributed by atoms with van der Waals surface area (Å²) in [5.41, 5.74) is 1.12. The molecule has 0 spiro atoms. The van der Waals surface area contributed by atoms with Gasteiger partial charge in [-0.1, -0.05) is 18.2 Å². The van der Waals surface area contributed by atoms with E-state index >= 15 is 0 Å². The molecule has 0 saturated carbocycles. The van der Waals surface area contributed by atoms with E-state index < -0.39 is 0 Å². The second-order valence-electron chi connectivity index (χ2n) is 6.48. The Morgan fingerprint density at radius 2 is 2.04 bits per heavy atom. The first-order valence-electron chi connectivity index (χ1n) is 8.97. The van der Waals surface area contributed by atoms with Gasteiger partial charge in [0.1, 0.15) is 5.75 Å². The van der Waals surface area contributed by atoms with Gasteiger partial charge in [0.15, 0.2) is 6.29 Å². The summed E-state index contributed by atoms with van der Waals surface area (Å²) in [7, 11) is 0. The molecule has 0 radical (unpaired) electrons. The van der Waals surface area contributed by atoms with E-state index in [9.17, 15) is 4.79 Å². The first kappa shape index (κ1) is 17.2. The van der Waals surface area contributed by atoms with E-state index in [0.717, 1.165) is 43.5 Å². The SMILES string of the molecule is Cc1ccccc1OCCCC(=O)N1CCCCC1C1OCCO1. The van der Waals surface area contributed by atoms with E-state index in [4.69, 9.17) is 14.2 Å². The minimum atomic E-state index is -0.238. The molecule has 1 aromatic rings. The van der Waals surface area contributed by atoms with Gasteiger partial charge in [-0.15, -0.1) is 0 Å². The fourth-order valence-corrected chi connectivity index (χ4v) is 3.42. The minimum Gasteiger partial charge on any atom is -0.493 e. The number of carbonyl (C=O) groups excluding carboxylic acids is 1. The number of amides is 1. The van der Waals surface area contributed by atoms with Gasteiger partial charge in [0, 0.05) is 13.0 Å². The second-order valence-corrected chi connectivity index (χ2v) is 6.48. The topological polar surface area (TPSA) is 48.0 Å². The highest BCUT2D eigenvalue weighted by Gasteiger charge is 2.35. The van der Waals surface area contributed by atoms with Crippen LogP contribution in [0.2, 0.25) is 0 Å². The van der Waals surface area contributed by atoms with E-state index in [2.05, 4.69) is 0 Å². The monoisotopic (exact) mass is 333 g/mol. The van der Waals surface area contributed by atoms with Crippen molar-refractivity contribution in [1.29, 1.82) is 0 Å². The van der Waals surface area contributed by atoms with Crippen LogP contribution >= 0.6 is 0 Å². The van der Waals surface area contributed by atoms with Gasteiger partial charge in [0.2, 0.25) is 5.91 Å². The maximum absolute atomic E-state index is 12.6. The van der Waals surface area contributed by atoms with Crippen LogP contribution in [0.1, 0.15) is 37.7 Å². The quantitative estimate of drug-likeness (QED) is 0.751. The summed E-state index contributed by atoms with van der Waals surface area (Å²) >= 11 is 0. The van der Waals surface area contributed by atoms with Crippen LogP contribution in [-0.2, 0) is 14.3 Å². The zero-order valence-corrected chi connectivity index (χ0v) is 14.4. The normalized spacial score (nSPS) is 21.9. The van der Waals surface area contributed by atoms with Gasteiger partial charge < -0.3 is 19.1 Å². The van der Waals surface area contributed by atoms with E-state index in [1.807, 2.05) is 36.1 Å². The molecule has 3 rings (SSSR count). The van der Waals surface area contributed by atoms with Crippen molar-refractivity contribution < 1.29 is 19.0 Å². The number of ether oxygens (including phenoxy) is 3. The van der Waals surface area contributed by atoms with Crippen molar-refractivity contribution in [3.8, 4) is 5.75 Å². The van der Waals surface area contributed by atoms with Crippen molar-refractivity contribution in [2.45, 2.75) is 51.4 Å². The molecule has 5 nitrogen and oxygen atoms in total. The molecule has 2 heterocycles. The van der Waals surface area contributed by atoms with Crippen molar-refractivity contribution in [2.75, 3.05) is 26.4 Å². The molecule has 5 heteroatoms. The Hall–Kier alpha value is -1.59. The summed E-state index contributed by atoms with van der Waals surface area (Å²) in [5.74, 6) is 1.08. The maximum atomic E-state index is 12.6. The van der Waals surface area contributed by atoms with Crippen molar-refractivity contribution in [1.82, 2.24) is 4.90 Å². The van der Waals surface area contributed by atoms with Crippen molar-refractivity contribution in [3.63, 3.8) is 0 Å². The Balaban J connectivity index is 1.45. The van der Waals surface area contributed by atoms with Gasteiger partial charge >= 0.3 is 0 Å². The highest BCUT2D eigenvalue weighted by molar-refractivity contribution is 5.76. The lowest BCUT2D eigenvalue weighted by Gasteiger charge is -2.38. The Labute approximate surface area is 143 Å². The van der Waals surface area contributed by atoms with Crippen LogP contribution in [0.3, 0.4) is 0 Å². The Morgan fingerprint density at radius 1 is 1.25 bits per heavy atom. The summed E-state index contributed by atoms with van der Waals surface area (Å²) in [6.07, 6.45) is 4.16. The molecule has 2 aliphatic rings. The molecular formula is C19H27NO4. The van der Waals surface area contributed by atoms with Gasteiger partial charge in [-0.2, -0.15) is 0 Å². The largest absolute Gasteiger partial charge is 0.493 e. The Morgan fingerprint density at radius 3 is 2.83 bits per heavy atom. The molecule has 0 N–H and O–H groups in total. The number of aryl methyl sites for hydroxylation is 1. The Bertz CT molecular complexity index is 542. The summed E-state index contributed by atoms with van der Waals surface area (Å²) in [6, 6.07) is 8.03. The number of likely N-dealkylation sites (tertiary alicyclic amines) is 1. The number of benzene rings is 1.